The average Bonchev–Trinajstić information content (AvgIpc) is 2.87. The molecule has 2 rings (SSSR count). The second-order valence-electron chi connectivity index (χ2n) is 3.24. The molecule has 0 spiro atoms. The molecule has 6 heteroatoms. The smallest absolute Gasteiger partial charge is 0.140 e. The summed E-state index contributed by atoms with van der Waals surface area (Å²) < 4.78 is 3.67. The van der Waals surface area contributed by atoms with E-state index in [1.165, 1.54) is 6.33 Å². The molecule has 0 saturated carbocycles. The van der Waals surface area contributed by atoms with Gasteiger partial charge in [-0.05, 0) is 6.92 Å². The number of aryl methyl sites for hydroxylation is 1. The van der Waals surface area contributed by atoms with E-state index in [0.717, 1.165) is 17.9 Å². The topological polar surface area (TPSA) is 74.5 Å². The van der Waals surface area contributed by atoms with Crippen LogP contribution in [-0.2, 0) is 19.6 Å². The number of nitrogens with two attached hydrogens (primary N) is 1. The Hall–Kier alpha value is -1.69. The Morgan fingerprint density at radius 2 is 2.27 bits per heavy atom. The van der Waals surface area contributed by atoms with Gasteiger partial charge in [0.1, 0.15) is 12.2 Å². The van der Waals surface area contributed by atoms with Crippen molar-refractivity contribution in [3.8, 4) is 0 Å². The van der Waals surface area contributed by atoms with Crippen LogP contribution < -0.4 is 5.73 Å². The van der Waals surface area contributed by atoms with Crippen LogP contribution in [0.4, 0.5) is 0 Å². The van der Waals surface area contributed by atoms with Crippen molar-refractivity contribution in [1.82, 2.24) is 24.5 Å². The quantitative estimate of drug-likeness (QED) is 0.764. The van der Waals surface area contributed by atoms with Crippen molar-refractivity contribution < 1.29 is 0 Å². The summed E-state index contributed by atoms with van der Waals surface area (Å²) in [4.78, 5) is 4.06. The molecule has 0 bridgehead atoms. The Labute approximate surface area is 87.7 Å². The van der Waals surface area contributed by atoms with Crippen LogP contribution in [0.15, 0.2) is 18.7 Å². The molecule has 0 radical (unpaired) electrons. The highest BCUT2D eigenvalue weighted by molar-refractivity contribution is 5.05. The summed E-state index contributed by atoms with van der Waals surface area (Å²) in [6, 6.07) is 0. The first kappa shape index (κ1) is 9.85. The van der Waals surface area contributed by atoms with Crippen LogP contribution in [0.2, 0.25) is 0 Å². The molecule has 80 valence electrons. The van der Waals surface area contributed by atoms with E-state index >= 15 is 0 Å². The van der Waals surface area contributed by atoms with Crippen molar-refractivity contribution in [3.05, 3.63) is 30.1 Å². The number of hydrogen-bond donors (Lipinski definition) is 1. The average molecular weight is 206 g/mol. The van der Waals surface area contributed by atoms with Crippen LogP contribution >= 0.6 is 0 Å². The summed E-state index contributed by atoms with van der Waals surface area (Å²) in [5.41, 5.74) is 6.64. The summed E-state index contributed by atoms with van der Waals surface area (Å²) in [6.45, 7) is 4.01. The van der Waals surface area contributed by atoms with Crippen molar-refractivity contribution in [2.24, 2.45) is 5.73 Å². The fourth-order valence-corrected chi connectivity index (χ4v) is 1.41. The van der Waals surface area contributed by atoms with E-state index in [0.29, 0.717) is 13.1 Å². The van der Waals surface area contributed by atoms with Crippen molar-refractivity contribution in [3.63, 3.8) is 0 Å². The molecule has 2 aromatic heterocycles. The molecule has 6 nitrogen and oxygen atoms in total. The minimum atomic E-state index is 0.405. The Balaban J connectivity index is 2.14. The highest BCUT2D eigenvalue weighted by Crippen LogP contribution is 2.02. The Kier molecular flexibility index (Phi) is 2.77. The Morgan fingerprint density at radius 3 is 2.93 bits per heavy atom. The highest BCUT2D eigenvalue weighted by Gasteiger charge is 2.04. The Bertz CT molecular complexity index is 429. The SMILES string of the molecule is CCn1cc(Cn2ncnc2CN)cn1. The molecule has 2 heterocycles. The number of nitrogens with zero attached hydrogens (tertiary/aromatic N) is 5. The second kappa shape index (κ2) is 4.22. The lowest BCUT2D eigenvalue weighted by Gasteiger charge is -2.01. The third-order valence-corrected chi connectivity index (χ3v) is 2.22. The fraction of sp³-hybridized carbons (Fsp3) is 0.444. The summed E-state index contributed by atoms with van der Waals surface area (Å²) in [5, 5.41) is 8.30. The lowest BCUT2D eigenvalue weighted by atomic mass is 10.3. The molecule has 0 saturated heterocycles. The molecule has 0 atom stereocenters. The third-order valence-electron chi connectivity index (χ3n) is 2.22. The van der Waals surface area contributed by atoms with Gasteiger partial charge in [-0.1, -0.05) is 0 Å². The molecule has 0 aliphatic rings. The number of hydrogen-bond acceptors (Lipinski definition) is 4. The van der Waals surface area contributed by atoms with E-state index in [1.54, 1.807) is 4.68 Å². The van der Waals surface area contributed by atoms with Crippen LogP contribution in [-0.4, -0.2) is 24.5 Å². The van der Waals surface area contributed by atoms with E-state index in [1.807, 2.05) is 17.1 Å². The van der Waals surface area contributed by atoms with Crippen molar-refractivity contribution in [2.75, 3.05) is 0 Å². The van der Waals surface area contributed by atoms with E-state index in [9.17, 15) is 0 Å². The van der Waals surface area contributed by atoms with E-state index in [4.69, 9.17) is 5.73 Å². The van der Waals surface area contributed by atoms with Gasteiger partial charge in [0.15, 0.2) is 0 Å². The van der Waals surface area contributed by atoms with Gasteiger partial charge in [-0.25, -0.2) is 9.67 Å². The third kappa shape index (κ3) is 2.04. The molecule has 0 fully saturated rings. The lowest BCUT2D eigenvalue weighted by molar-refractivity contribution is 0.634. The zero-order chi connectivity index (χ0) is 10.7. The zero-order valence-electron chi connectivity index (χ0n) is 8.67. The number of rotatable bonds is 4. The lowest BCUT2D eigenvalue weighted by Crippen LogP contribution is -2.10. The maximum atomic E-state index is 5.54. The molecule has 0 aromatic carbocycles. The normalized spacial score (nSPS) is 10.8. The molecule has 0 unspecified atom stereocenters. The van der Waals surface area contributed by atoms with Gasteiger partial charge in [0, 0.05) is 18.3 Å². The highest BCUT2D eigenvalue weighted by atomic mass is 15.3. The first-order valence-corrected chi connectivity index (χ1v) is 4.91. The maximum Gasteiger partial charge on any atom is 0.140 e. The summed E-state index contributed by atoms with van der Waals surface area (Å²) in [6.07, 6.45) is 5.36. The standard InChI is InChI=1S/C9H14N6/c1-2-14-5-8(4-12-14)6-15-9(3-10)11-7-13-15/h4-5,7H,2-3,6,10H2,1H3. The van der Waals surface area contributed by atoms with Crippen LogP contribution in [0.25, 0.3) is 0 Å². The van der Waals surface area contributed by atoms with Crippen LogP contribution in [0.5, 0.6) is 0 Å². The molecule has 0 amide bonds. The first-order chi connectivity index (χ1) is 7.33. The molecule has 0 aliphatic heterocycles. The molecule has 15 heavy (non-hydrogen) atoms. The van der Waals surface area contributed by atoms with Crippen LogP contribution in [0, 0.1) is 0 Å². The number of aromatic nitrogens is 5. The monoisotopic (exact) mass is 206 g/mol. The van der Waals surface area contributed by atoms with Gasteiger partial charge in [-0.2, -0.15) is 10.2 Å². The minimum Gasteiger partial charge on any atom is -0.324 e. The minimum absolute atomic E-state index is 0.405. The molecule has 0 aliphatic carbocycles. The van der Waals surface area contributed by atoms with Gasteiger partial charge in [-0.15, -0.1) is 0 Å². The van der Waals surface area contributed by atoms with Crippen molar-refractivity contribution >= 4 is 0 Å². The van der Waals surface area contributed by atoms with Crippen molar-refractivity contribution in [1.29, 1.82) is 0 Å². The van der Waals surface area contributed by atoms with Crippen LogP contribution in [0.1, 0.15) is 18.3 Å². The van der Waals surface area contributed by atoms with E-state index in [2.05, 4.69) is 22.1 Å². The molecular formula is C9H14N6. The fourth-order valence-electron chi connectivity index (χ4n) is 1.41. The van der Waals surface area contributed by atoms with Crippen molar-refractivity contribution in [2.45, 2.75) is 26.6 Å². The Morgan fingerprint density at radius 1 is 1.40 bits per heavy atom. The maximum absolute atomic E-state index is 5.54. The largest absolute Gasteiger partial charge is 0.324 e. The summed E-state index contributed by atoms with van der Waals surface area (Å²) in [7, 11) is 0. The second-order valence-corrected chi connectivity index (χ2v) is 3.24. The van der Waals surface area contributed by atoms with Gasteiger partial charge < -0.3 is 5.73 Å². The van der Waals surface area contributed by atoms with Gasteiger partial charge in [0.05, 0.1) is 19.3 Å². The summed E-state index contributed by atoms with van der Waals surface area (Å²) in [5.74, 6) is 0.791. The molecule has 2 N–H and O–H groups in total. The van der Waals surface area contributed by atoms with Gasteiger partial charge in [0.25, 0.3) is 0 Å². The van der Waals surface area contributed by atoms with E-state index < -0.39 is 0 Å². The zero-order valence-corrected chi connectivity index (χ0v) is 8.67. The molecule has 2 aromatic rings. The van der Waals surface area contributed by atoms with Gasteiger partial charge >= 0.3 is 0 Å². The molecular weight excluding hydrogens is 192 g/mol. The van der Waals surface area contributed by atoms with Crippen LogP contribution in [0.3, 0.4) is 0 Å². The van der Waals surface area contributed by atoms with Gasteiger partial charge in [0.2, 0.25) is 0 Å². The predicted octanol–water partition coefficient (Wildman–Crippen LogP) is 0.00150. The van der Waals surface area contributed by atoms with Gasteiger partial charge in [-0.3, -0.25) is 4.68 Å². The predicted molar refractivity (Wildman–Crippen MR) is 54.9 cm³/mol. The first-order valence-electron chi connectivity index (χ1n) is 4.91. The summed E-state index contributed by atoms with van der Waals surface area (Å²) >= 11 is 0. The van der Waals surface area contributed by atoms with E-state index in [-0.39, 0.29) is 0 Å².